The molecule has 0 aliphatic carbocycles. The summed E-state index contributed by atoms with van der Waals surface area (Å²) >= 11 is 0. The second kappa shape index (κ2) is 5.61. The Hall–Kier alpha value is -0.900. The Labute approximate surface area is 116 Å². The summed E-state index contributed by atoms with van der Waals surface area (Å²) in [4.78, 5) is 2.28. The Bertz CT molecular complexity index is 408. The molecule has 0 saturated carbocycles. The molecule has 1 aliphatic rings. The molecule has 1 aliphatic heterocycles. The predicted molar refractivity (Wildman–Crippen MR) is 79.3 cm³/mol. The number of nitrogens with two attached hydrogens (primary N) is 1. The Morgan fingerprint density at radius 1 is 1.26 bits per heavy atom. The zero-order valence-corrected chi connectivity index (χ0v) is 12.5. The Balaban J connectivity index is 2.09. The van der Waals surface area contributed by atoms with Crippen LogP contribution in [0.1, 0.15) is 37.9 Å². The zero-order chi connectivity index (χ0) is 14.0. The molecule has 2 unspecified atom stereocenters. The quantitative estimate of drug-likeness (QED) is 0.889. The van der Waals surface area contributed by atoms with E-state index in [1.165, 1.54) is 5.56 Å². The van der Waals surface area contributed by atoms with E-state index in [-0.39, 0.29) is 17.6 Å². The lowest BCUT2D eigenvalue weighted by molar-refractivity contribution is -0.0326. The molecular weight excluding hydrogens is 236 g/mol. The van der Waals surface area contributed by atoms with Crippen molar-refractivity contribution in [3.63, 3.8) is 0 Å². The highest BCUT2D eigenvalue weighted by Gasteiger charge is 2.25. The van der Waals surface area contributed by atoms with Crippen LogP contribution in [-0.2, 0) is 10.2 Å². The summed E-state index contributed by atoms with van der Waals surface area (Å²) in [7, 11) is 2.12. The Morgan fingerprint density at radius 3 is 2.42 bits per heavy atom. The predicted octanol–water partition coefficient (Wildman–Crippen LogP) is 2.31. The minimum absolute atomic E-state index is 0.0447. The van der Waals surface area contributed by atoms with Crippen molar-refractivity contribution in [3.05, 3.63) is 35.4 Å². The van der Waals surface area contributed by atoms with E-state index in [0.29, 0.717) is 0 Å². The third kappa shape index (κ3) is 3.56. The normalized spacial score (nSPS) is 23.3. The molecule has 1 heterocycles. The van der Waals surface area contributed by atoms with Crippen LogP contribution in [0.15, 0.2) is 24.3 Å². The Kier molecular flexibility index (Phi) is 4.29. The van der Waals surface area contributed by atoms with Crippen molar-refractivity contribution in [1.29, 1.82) is 0 Å². The maximum Gasteiger partial charge on any atom is 0.0894 e. The second-order valence-corrected chi connectivity index (χ2v) is 6.57. The van der Waals surface area contributed by atoms with Gasteiger partial charge in [0.2, 0.25) is 0 Å². The highest BCUT2D eigenvalue weighted by atomic mass is 16.5. The molecule has 0 bridgehead atoms. The van der Waals surface area contributed by atoms with Crippen molar-refractivity contribution in [2.75, 3.05) is 26.7 Å². The average Bonchev–Trinajstić information content (AvgIpc) is 2.37. The lowest BCUT2D eigenvalue weighted by Crippen LogP contribution is -2.45. The number of likely N-dealkylation sites (N-methyl/N-ethyl adjacent to an activating group) is 1. The van der Waals surface area contributed by atoms with E-state index in [0.717, 1.165) is 25.3 Å². The largest absolute Gasteiger partial charge is 0.374 e. The van der Waals surface area contributed by atoms with Crippen molar-refractivity contribution < 1.29 is 4.74 Å². The maximum absolute atomic E-state index is 6.34. The number of nitrogens with zero attached hydrogens (tertiary/aromatic N) is 1. The van der Waals surface area contributed by atoms with Gasteiger partial charge in [-0.15, -0.1) is 0 Å². The molecule has 2 atom stereocenters. The number of hydrogen-bond donors (Lipinski definition) is 1. The summed E-state index contributed by atoms with van der Waals surface area (Å²) < 4.78 is 5.80. The first-order chi connectivity index (χ1) is 8.88. The second-order valence-electron chi connectivity index (χ2n) is 6.57. The summed E-state index contributed by atoms with van der Waals surface area (Å²) in [6.07, 6.45) is 0.0965. The molecule has 3 heteroatoms. The van der Waals surface area contributed by atoms with Gasteiger partial charge in [-0.05, 0) is 23.6 Å². The van der Waals surface area contributed by atoms with E-state index in [9.17, 15) is 0 Å². The fraction of sp³-hybridized carbons (Fsp3) is 0.625. The van der Waals surface area contributed by atoms with Crippen LogP contribution >= 0.6 is 0 Å². The van der Waals surface area contributed by atoms with Gasteiger partial charge in [0.1, 0.15) is 0 Å². The van der Waals surface area contributed by atoms with Gasteiger partial charge in [-0.25, -0.2) is 0 Å². The van der Waals surface area contributed by atoms with Gasteiger partial charge < -0.3 is 15.4 Å². The first kappa shape index (κ1) is 14.5. The lowest BCUT2D eigenvalue weighted by atomic mass is 9.86. The van der Waals surface area contributed by atoms with Crippen LogP contribution in [0.5, 0.6) is 0 Å². The highest BCUT2D eigenvalue weighted by molar-refractivity contribution is 5.29. The molecule has 19 heavy (non-hydrogen) atoms. The van der Waals surface area contributed by atoms with E-state index < -0.39 is 0 Å². The van der Waals surface area contributed by atoms with Crippen molar-refractivity contribution in [2.24, 2.45) is 5.73 Å². The van der Waals surface area contributed by atoms with Crippen molar-refractivity contribution >= 4 is 0 Å². The molecular formula is C16H26N2O. The molecule has 2 rings (SSSR count). The lowest BCUT2D eigenvalue weighted by Gasteiger charge is -2.33. The summed E-state index contributed by atoms with van der Waals surface area (Å²) in [6, 6.07) is 8.60. The fourth-order valence-electron chi connectivity index (χ4n) is 2.45. The molecule has 0 amide bonds. The molecule has 3 nitrogen and oxygen atoms in total. The molecule has 0 radical (unpaired) electrons. The van der Waals surface area contributed by atoms with Crippen molar-refractivity contribution in [1.82, 2.24) is 4.90 Å². The van der Waals surface area contributed by atoms with Crippen molar-refractivity contribution in [3.8, 4) is 0 Å². The molecule has 1 saturated heterocycles. The summed E-state index contributed by atoms with van der Waals surface area (Å²) in [5.74, 6) is 0. The monoisotopic (exact) mass is 262 g/mol. The maximum atomic E-state index is 6.34. The van der Waals surface area contributed by atoms with Crippen LogP contribution in [0.25, 0.3) is 0 Å². The molecule has 2 N–H and O–H groups in total. The molecule has 106 valence electrons. The number of rotatable bonds is 2. The standard InChI is InChI=1S/C16H26N2O/c1-16(2,3)13-7-5-12(6-8-13)15(17)14-11-18(4)9-10-19-14/h5-8,14-15H,9-11,17H2,1-4H3. The van der Waals surface area contributed by atoms with Crippen LogP contribution in [0.2, 0.25) is 0 Å². The number of ether oxygens (including phenoxy) is 1. The van der Waals surface area contributed by atoms with Crippen LogP contribution in [-0.4, -0.2) is 37.7 Å². The molecule has 1 aromatic carbocycles. The molecule has 1 fully saturated rings. The number of hydrogen-bond acceptors (Lipinski definition) is 3. The fourth-order valence-corrected chi connectivity index (χ4v) is 2.45. The summed E-state index contributed by atoms with van der Waals surface area (Å²) in [5.41, 5.74) is 9.02. The minimum Gasteiger partial charge on any atom is -0.374 e. The van der Waals surface area contributed by atoms with Crippen LogP contribution in [0.3, 0.4) is 0 Å². The van der Waals surface area contributed by atoms with Gasteiger partial charge in [-0.2, -0.15) is 0 Å². The molecule has 0 spiro atoms. The highest BCUT2D eigenvalue weighted by Crippen LogP contribution is 2.25. The first-order valence-electron chi connectivity index (χ1n) is 7.04. The molecule has 1 aromatic rings. The van der Waals surface area contributed by atoms with Crippen molar-refractivity contribution in [2.45, 2.75) is 38.3 Å². The Morgan fingerprint density at radius 2 is 1.89 bits per heavy atom. The average molecular weight is 262 g/mol. The summed E-state index contributed by atoms with van der Waals surface area (Å²) in [5, 5.41) is 0. The summed E-state index contributed by atoms with van der Waals surface area (Å²) in [6.45, 7) is 9.34. The van der Waals surface area contributed by atoms with Gasteiger partial charge >= 0.3 is 0 Å². The van der Waals surface area contributed by atoms with Crippen LogP contribution < -0.4 is 5.73 Å². The third-order valence-electron chi connectivity index (χ3n) is 3.86. The van der Waals surface area contributed by atoms with Crippen LogP contribution in [0, 0.1) is 0 Å². The van der Waals surface area contributed by atoms with Crippen LogP contribution in [0.4, 0.5) is 0 Å². The number of benzene rings is 1. The molecule has 0 aromatic heterocycles. The van der Waals surface area contributed by atoms with Gasteiger partial charge in [-0.1, -0.05) is 45.0 Å². The SMILES string of the molecule is CN1CCOC(C(N)c2ccc(C(C)(C)C)cc2)C1. The minimum atomic E-state index is -0.0447. The van der Waals surface area contributed by atoms with E-state index in [2.05, 4.69) is 57.0 Å². The van der Waals surface area contributed by atoms with Gasteiger partial charge in [0.25, 0.3) is 0 Å². The zero-order valence-electron chi connectivity index (χ0n) is 12.5. The smallest absolute Gasteiger partial charge is 0.0894 e. The van der Waals surface area contributed by atoms with E-state index in [1.807, 2.05) is 0 Å². The van der Waals surface area contributed by atoms with Gasteiger partial charge in [0.05, 0.1) is 18.8 Å². The topological polar surface area (TPSA) is 38.5 Å². The van der Waals surface area contributed by atoms with E-state index >= 15 is 0 Å². The number of morpholine rings is 1. The first-order valence-corrected chi connectivity index (χ1v) is 7.04. The third-order valence-corrected chi connectivity index (χ3v) is 3.86. The van der Waals surface area contributed by atoms with E-state index in [4.69, 9.17) is 10.5 Å². The van der Waals surface area contributed by atoms with Gasteiger partial charge in [0.15, 0.2) is 0 Å². The van der Waals surface area contributed by atoms with Gasteiger partial charge in [0, 0.05) is 13.1 Å². The van der Waals surface area contributed by atoms with E-state index in [1.54, 1.807) is 0 Å². The van der Waals surface area contributed by atoms with Gasteiger partial charge in [-0.3, -0.25) is 0 Å².